The first-order chi connectivity index (χ1) is 14.0. The molecule has 1 fully saturated rings. The molecule has 1 aromatic heterocycles. The van der Waals surface area contributed by atoms with Crippen molar-refractivity contribution in [3.05, 3.63) is 35.1 Å². The summed E-state index contributed by atoms with van der Waals surface area (Å²) in [5.41, 5.74) is 0. The highest BCUT2D eigenvalue weighted by molar-refractivity contribution is 7.99. The van der Waals surface area contributed by atoms with Crippen LogP contribution < -0.4 is 10.1 Å². The lowest BCUT2D eigenvalue weighted by molar-refractivity contribution is -0.119. The predicted molar refractivity (Wildman–Crippen MR) is 116 cm³/mol. The van der Waals surface area contributed by atoms with Crippen molar-refractivity contribution in [3.63, 3.8) is 0 Å². The van der Waals surface area contributed by atoms with Gasteiger partial charge in [-0.3, -0.25) is 4.79 Å². The van der Waals surface area contributed by atoms with Gasteiger partial charge < -0.3 is 14.6 Å². The summed E-state index contributed by atoms with van der Waals surface area (Å²) in [4.78, 5) is 12.4. The molecule has 2 aromatic rings. The van der Waals surface area contributed by atoms with E-state index in [0.29, 0.717) is 35.0 Å². The lowest BCUT2D eigenvalue weighted by Crippen LogP contribution is -2.41. The summed E-state index contributed by atoms with van der Waals surface area (Å²) in [6.45, 7) is 6.87. The topological polar surface area (TPSA) is 69.0 Å². The number of amides is 1. The third-order valence-corrected chi connectivity index (χ3v) is 6.63. The highest BCUT2D eigenvalue weighted by Gasteiger charge is 2.24. The molecule has 6 nitrogen and oxygen atoms in total. The maximum atomic E-state index is 12.4. The van der Waals surface area contributed by atoms with Crippen molar-refractivity contribution in [1.82, 2.24) is 20.1 Å². The summed E-state index contributed by atoms with van der Waals surface area (Å²) in [6.07, 6.45) is 4.41. The molecule has 1 heterocycles. The molecule has 0 radical (unpaired) electrons. The summed E-state index contributed by atoms with van der Waals surface area (Å²) in [5, 5.41) is 13.1. The Hall–Kier alpha value is -1.73. The van der Waals surface area contributed by atoms with Crippen LogP contribution in [0.4, 0.5) is 0 Å². The lowest BCUT2D eigenvalue weighted by Gasteiger charge is -2.29. The molecule has 8 heteroatoms. The molecule has 0 aliphatic heterocycles. The maximum absolute atomic E-state index is 12.4. The molecule has 1 aromatic carbocycles. The first-order valence-electron chi connectivity index (χ1n) is 10.3. The fraction of sp³-hybridized carbons (Fsp3) is 0.571. The number of thioether (sulfide) groups is 1. The van der Waals surface area contributed by atoms with Gasteiger partial charge in [-0.1, -0.05) is 55.3 Å². The molecule has 1 amide bonds. The van der Waals surface area contributed by atoms with Crippen molar-refractivity contribution in [3.8, 4) is 5.75 Å². The fourth-order valence-corrected chi connectivity index (χ4v) is 4.70. The smallest absolute Gasteiger partial charge is 0.230 e. The van der Waals surface area contributed by atoms with Gasteiger partial charge in [0, 0.05) is 12.6 Å². The minimum atomic E-state index is -0.311. The van der Waals surface area contributed by atoms with Crippen LogP contribution in [0.5, 0.6) is 5.75 Å². The van der Waals surface area contributed by atoms with Crippen LogP contribution in [0.3, 0.4) is 0 Å². The second-order valence-electron chi connectivity index (χ2n) is 7.50. The van der Waals surface area contributed by atoms with Crippen LogP contribution in [0.2, 0.25) is 5.02 Å². The average molecular weight is 437 g/mol. The molecular formula is C21H29ClN4O2S. The van der Waals surface area contributed by atoms with E-state index < -0.39 is 0 Å². The number of halogens is 1. The van der Waals surface area contributed by atoms with Gasteiger partial charge in [0.2, 0.25) is 5.91 Å². The zero-order valence-electron chi connectivity index (χ0n) is 17.2. The van der Waals surface area contributed by atoms with E-state index in [9.17, 15) is 4.79 Å². The van der Waals surface area contributed by atoms with E-state index in [1.165, 1.54) is 31.0 Å². The molecule has 0 spiro atoms. The molecule has 158 valence electrons. The van der Waals surface area contributed by atoms with Crippen molar-refractivity contribution in [2.45, 2.75) is 70.3 Å². The number of benzene rings is 1. The summed E-state index contributed by atoms with van der Waals surface area (Å²) in [7, 11) is 0. The summed E-state index contributed by atoms with van der Waals surface area (Å²) < 4.78 is 7.97. The molecule has 29 heavy (non-hydrogen) atoms. The SMILES string of the molecule is CCn1c(SCC(=O)N[C@@H]2CCCC[C@H]2C)nnc1[C@@H](C)Oc1ccccc1Cl. The zero-order valence-corrected chi connectivity index (χ0v) is 18.8. The van der Waals surface area contributed by atoms with Gasteiger partial charge in [0.25, 0.3) is 0 Å². The third kappa shape index (κ3) is 5.66. The number of hydrogen-bond acceptors (Lipinski definition) is 5. The number of ether oxygens (including phenoxy) is 1. The Morgan fingerprint density at radius 2 is 2.10 bits per heavy atom. The Bertz CT molecular complexity index is 829. The highest BCUT2D eigenvalue weighted by Crippen LogP contribution is 2.29. The largest absolute Gasteiger partial charge is 0.481 e. The van der Waals surface area contributed by atoms with Crippen molar-refractivity contribution < 1.29 is 9.53 Å². The molecule has 3 atom stereocenters. The van der Waals surface area contributed by atoms with Gasteiger partial charge in [-0.2, -0.15) is 0 Å². The van der Waals surface area contributed by atoms with Crippen LogP contribution in [-0.2, 0) is 11.3 Å². The van der Waals surface area contributed by atoms with E-state index in [1.54, 1.807) is 6.07 Å². The average Bonchev–Trinajstić information content (AvgIpc) is 3.13. The monoisotopic (exact) mass is 436 g/mol. The standard InChI is InChI=1S/C21H29ClN4O2S/c1-4-26-20(15(3)28-18-12-8-6-10-16(18)22)24-25-21(26)29-13-19(27)23-17-11-7-5-9-14(17)2/h6,8,10,12,14-15,17H,4-5,7,9,11,13H2,1-3H3,(H,23,27)/t14-,15-,17-/m1/s1. The fourth-order valence-electron chi connectivity index (χ4n) is 3.70. The summed E-state index contributed by atoms with van der Waals surface area (Å²) in [6, 6.07) is 7.66. The first-order valence-corrected chi connectivity index (χ1v) is 11.6. The number of hydrogen-bond donors (Lipinski definition) is 1. The Labute approximate surface area is 181 Å². The van der Waals surface area contributed by atoms with Gasteiger partial charge in [-0.25, -0.2) is 0 Å². The Morgan fingerprint density at radius 1 is 1.34 bits per heavy atom. The van der Waals surface area contributed by atoms with Crippen LogP contribution >= 0.6 is 23.4 Å². The van der Waals surface area contributed by atoms with Gasteiger partial charge in [0.15, 0.2) is 17.1 Å². The van der Waals surface area contributed by atoms with E-state index in [0.717, 1.165) is 17.4 Å². The van der Waals surface area contributed by atoms with Gasteiger partial charge in [-0.15, -0.1) is 10.2 Å². The van der Waals surface area contributed by atoms with E-state index >= 15 is 0 Å². The molecule has 0 unspecified atom stereocenters. The van der Waals surface area contributed by atoms with Crippen LogP contribution in [0.15, 0.2) is 29.4 Å². The van der Waals surface area contributed by atoms with Crippen molar-refractivity contribution in [1.29, 1.82) is 0 Å². The number of nitrogens with one attached hydrogen (secondary N) is 1. The number of carbonyl (C=O) groups excluding carboxylic acids is 1. The second-order valence-corrected chi connectivity index (χ2v) is 8.85. The predicted octanol–water partition coefficient (Wildman–Crippen LogP) is 4.88. The number of carbonyl (C=O) groups is 1. The van der Waals surface area contributed by atoms with Crippen LogP contribution in [0.1, 0.15) is 58.4 Å². The maximum Gasteiger partial charge on any atom is 0.230 e. The van der Waals surface area contributed by atoms with E-state index in [1.807, 2.05) is 36.6 Å². The molecule has 0 bridgehead atoms. The molecule has 1 aliphatic carbocycles. The number of aromatic nitrogens is 3. The molecule has 0 saturated heterocycles. The van der Waals surface area contributed by atoms with Gasteiger partial charge >= 0.3 is 0 Å². The van der Waals surface area contributed by atoms with Crippen LogP contribution in [-0.4, -0.2) is 32.5 Å². The van der Waals surface area contributed by atoms with Crippen molar-refractivity contribution >= 4 is 29.3 Å². The molecule has 1 aliphatic rings. The zero-order chi connectivity index (χ0) is 20.8. The normalized spacial score (nSPS) is 20.3. The highest BCUT2D eigenvalue weighted by atomic mass is 35.5. The summed E-state index contributed by atoms with van der Waals surface area (Å²) in [5.74, 6) is 2.27. The lowest BCUT2D eigenvalue weighted by atomic mass is 9.86. The Kier molecular flexibility index (Phi) is 7.84. The Morgan fingerprint density at radius 3 is 2.83 bits per heavy atom. The number of nitrogens with zero attached hydrogens (tertiary/aromatic N) is 3. The van der Waals surface area contributed by atoms with Crippen LogP contribution in [0, 0.1) is 5.92 Å². The van der Waals surface area contributed by atoms with E-state index in [4.69, 9.17) is 16.3 Å². The third-order valence-electron chi connectivity index (χ3n) is 5.36. The first kappa shape index (κ1) is 22.0. The van der Waals surface area contributed by atoms with Gasteiger partial charge in [-0.05, 0) is 44.7 Å². The van der Waals surface area contributed by atoms with Crippen LogP contribution in [0.25, 0.3) is 0 Å². The van der Waals surface area contributed by atoms with E-state index in [2.05, 4.69) is 22.4 Å². The molecule has 1 N–H and O–H groups in total. The minimum Gasteiger partial charge on any atom is -0.481 e. The number of rotatable bonds is 8. The quantitative estimate of drug-likeness (QED) is 0.597. The van der Waals surface area contributed by atoms with Gasteiger partial charge in [0.05, 0.1) is 10.8 Å². The van der Waals surface area contributed by atoms with Crippen molar-refractivity contribution in [2.24, 2.45) is 5.92 Å². The van der Waals surface area contributed by atoms with E-state index in [-0.39, 0.29) is 12.0 Å². The molecule has 3 rings (SSSR count). The Balaban J connectivity index is 1.60. The van der Waals surface area contributed by atoms with Gasteiger partial charge in [0.1, 0.15) is 5.75 Å². The summed E-state index contributed by atoms with van der Waals surface area (Å²) >= 11 is 7.61. The minimum absolute atomic E-state index is 0.0568. The number of para-hydroxylation sites is 1. The molecule has 1 saturated carbocycles. The van der Waals surface area contributed by atoms with Crippen molar-refractivity contribution in [2.75, 3.05) is 5.75 Å². The second kappa shape index (κ2) is 10.3. The molecular weight excluding hydrogens is 408 g/mol.